The van der Waals surface area contributed by atoms with Gasteiger partial charge in [-0.3, -0.25) is 0 Å². The molecule has 1 aliphatic rings. The summed E-state index contributed by atoms with van der Waals surface area (Å²) >= 11 is 7.78. The van der Waals surface area contributed by atoms with Gasteiger partial charge in [0.15, 0.2) is 5.13 Å². The highest BCUT2D eigenvalue weighted by molar-refractivity contribution is 7.93. The third-order valence-electron chi connectivity index (χ3n) is 6.68. The molecule has 2 aromatic carbocycles. The lowest BCUT2D eigenvalue weighted by molar-refractivity contribution is -0.00103. The zero-order valence-corrected chi connectivity index (χ0v) is 26.9. The summed E-state index contributed by atoms with van der Waals surface area (Å²) in [6.07, 6.45) is 2.16. The van der Waals surface area contributed by atoms with Crippen LogP contribution < -0.4 is 18.5 Å². The quantitative estimate of drug-likeness (QED) is 0.266. The molecule has 13 heteroatoms. The van der Waals surface area contributed by atoms with Crippen molar-refractivity contribution in [3.63, 3.8) is 0 Å². The van der Waals surface area contributed by atoms with Crippen LogP contribution in [-0.2, 0) is 21.3 Å². The van der Waals surface area contributed by atoms with Crippen LogP contribution >= 0.6 is 22.9 Å². The van der Waals surface area contributed by atoms with Crippen molar-refractivity contribution in [1.29, 1.82) is 0 Å². The number of nitrogens with zero attached hydrogens (tertiary/aromatic N) is 3. The maximum atomic E-state index is 13.9. The van der Waals surface area contributed by atoms with E-state index in [1.807, 2.05) is 27.7 Å². The van der Waals surface area contributed by atoms with Gasteiger partial charge in [-0.25, -0.2) is 22.5 Å². The summed E-state index contributed by atoms with van der Waals surface area (Å²) in [7, 11) is -1.02. The Kier molecular flexibility index (Phi) is 9.79. The zero-order chi connectivity index (χ0) is 30.7. The minimum Gasteiger partial charge on any atom is -0.497 e. The standard InChI is InChI=1S/C29H36ClN3O7S2/c1-19-15-22(11-13-32(19)28(34)40-29(2,3)4)39-25-10-9-23(17-24(25)30)42(35,36)33(27-31-12-14-41-27)18-20-7-8-21(37-5)16-26(20)38-6/h7-10,12,14,16-17,19,22H,11,13,15,18H2,1-6H3. The largest absolute Gasteiger partial charge is 0.497 e. The van der Waals surface area contributed by atoms with Gasteiger partial charge in [-0.15, -0.1) is 11.3 Å². The molecule has 10 nitrogen and oxygen atoms in total. The molecule has 1 amide bonds. The van der Waals surface area contributed by atoms with Gasteiger partial charge in [0.05, 0.1) is 30.7 Å². The number of carbonyl (C=O) groups excluding carboxylic acids is 1. The first-order valence-electron chi connectivity index (χ1n) is 13.4. The summed E-state index contributed by atoms with van der Waals surface area (Å²) in [5, 5.41) is 2.18. The van der Waals surface area contributed by atoms with Gasteiger partial charge >= 0.3 is 6.09 Å². The van der Waals surface area contributed by atoms with Crippen LogP contribution in [0.3, 0.4) is 0 Å². The number of rotatable bonds is 9. The van der Waals surface area contributed by atoms with Crippen molar-refractivity contribution < 1.29 is 32.2 Å². The Morgan fingerprint density at radius 3 is 2.50 bits per heavy atom. The van der Waals surface area contributed by atoms with Gasteiger partial charge < -0.3 is 23.8 Å². The van der Waals surface area contributed by atoms with E-state index in [-0.39, 0.29) is 34.7 Å². The Balaban J connectivity index is 1.52. The highest BCUT2D eigenvalue weighted by atomic mass is 35.5. The number of ether oxygens (including phenoxy) is 4. The molecule has 228 valence electrons. The van der Waals surface area contributed by atoms with Crippen molar-refractivity contribution in [2.24, 2.45) is 0 Å². The molecule has 0 spiro atoms. The number of hydrogen-bond acceptors (Lipinski definition) is 9. The van der Waals surface area contributed by atoms with E-state index in [1.54, 1.807) is 47.9 Å². The number of benzene rings is 2. The Labute approximate surface area is 256 Å². The average Bonchev–Trinajstić information content (AvgIpc) is 3.46. The fraction of sp³-hybridized carbons (Fsp3) is 0.448. The number of halogens is 1. The molecule has 0 aliphatic carbocycles. The molecular formula is C29H36ClN3O7S2. The summed E-state index contributed by atoms with van der Waals surface area (Å²) in [6.45, 7) is 7.91. The molecule has 1 fully saturated rings. The normalized spacial score (nSPS) is 17.5. The first kappa shape index (κ1) is 31.7. The number of thiazole rings is 1. The van der Waals surface area contributed by atoms with Crippen LogP contribution in [0.5, 0.6) is 17.2 Å². The van der Waals surface area contributed by atoms with Crippen molar-refractivity contribution in [3.8, 4) is 17.2 Å². The number of hydrogen-bond donors (Lipinski definition) is 0. The fourth-order valence-electron chi connectivity index (χ4n) is 4.60. The molecule has 1 saturated heterocycles. The van der Waals surface area contributed by atoms with E-state index in [1.165, 1.54) is 34.9 Å². The average molecular weight is 638 g/mol. The van der Waals surface area contributed by atoms with E-state index in [0.717, 1.165) is 0 Å². The Morgan fingerprint density at radius 2 is 1.90 bits per heavy atom. The second kappa shape index (κ2) is 13.0. The van der Waals surface area contributed by atoms with Crippen LogP contribution in [-0.4, -0.2) is 62.9 Å². The zero-order valence-electron chi connectivity index (χ0n) is 24.5. The summed E-state index contributed by atoms with van der Waals surface area (Å²) in [4.78, 5) is 18.5. The second-order valence-electron chi connectivity index (χ2n) is 10.9. The number of amides is 1. The predicted molar refractivity (Wildman–Crippen MR) is 163 cm³/mol. The lowest BCUT2D eigenvalue weighted by Gasteiger charge is -2.38. The first-order valence-corrected chi connectivity index (χ1v) is 16.1. The molecule has 3 aromatic rings. The van der Waals surface area contributed by atoms with Gasteiger partial charge in [-0.2, -0.15) is 0 Å². The predicted octanol–water partition coefficient (Wildman–Crippen LogP) is 6.38. The molecule has 4 rings (SSSR count). The molecular weight excluding hydrogens is 602 g/mol. The van der Waals surface area contributed by atoms with Gasteiger partial charge in [-0.1, -0.05) is 11.6 Å². The lowest BCUT2D eigenvalue weighted by Crippen LogP contribution is -2.49. The first-order chi connectivity index (χ1) is 19.8. The van der Waals surface area contributed by atoms with Gasteiger partial charge in [0.1, 0.15) is 29.0 Å². The highest BCUT2D eigenvalue weighted by Crippen LogP contribution is 2.35. The molecule has 1 aromatic heterocycles. The third kappa shape index (κ3) is 7.40. The van der Waals surface area contributed by atoms with E-state index < -0.39 is 15.6 Å². The topological polar surface area (TPSA) is 108 Å². The summed E-state index contributed by atoms with van der Waals surface area (Å²) < 4.78 is 51.5. The van der Waals surface area contributed by atoms with Crippen molar-refractivity contribution in [2.75, 3.05) is 25.1 Å². The van der Waals surface area contributed by atoms with Crippen LogP contribution in [0.15, 0.2) is 52.9 Å². The Bertz CT molecular complexity index is 1490. The monoisotopic (exact) mass is 637 g/mol. The van der Waals surface area contributed by atoms with E-state index in [0.29, 0.717) is 47.3 Å². The molecule has 1 aliphatic heterocycles. The van der Waals surface area contributed by atoms with Crippen molar-refractivity contribution in [1.82, 2.24) is 9.88 Å². The second-order valence-corrected chi connectivity index (χ2v) is 14.0. The molecule has 0 radical (unpaired) electrons. The van der Waals surface area contributed by atoms with Gasteiger partial charge in [-0.05, 0) is 58.0 Å². The third-order valence-corrected chi connectivity index (χ3v) is 9.62. The molecule has 0 saturated carbocycles. The van der Waals surface area contributed by atoms with E-state index >= 15 is 0 Å². The molecule has 0 N–H and O–H groups in total. The lowest BCUT2D eigenvalue weighted by atomic mass is 10.0. The molecule has 2 heterocycles. The van der Waals surface area contributed by atoms with Crippen molar-refractivity contribution >= 4 is 44.2 Å². The Morgan fingerprint density at radius 1 is 1.14 bits per heavy atom. The summed E-state index contributed by atoms with van der Waals surface area (Å²) in [5.74, 6) is 1.45. The van der Waals surface area contributed by atoms with E-state index in [4.69, 9.17) is 30.5 Å². The number of methoxy groups -OCH3 is 2. The minimum absolute atomic E-state index is 0.00404. The maximum Gasteiger partial charge on any atom is 0.410 e. The van der Waals surface area contributed by atoms with E-state index in [2.05, 4.69) is 4.98 Å². The summed E-state index contributed by atoms with van der Waals surface area (Å²) in [6, 6.07) is 9.52. The number of carbonyl (C=O) groups is 1. The van der Waals surface area contributed by atoms with Crippen LogP contribution in [0.4, 0.5) is 9.93 Å². The van der Waals surface area contributed by atoms with Crippen LogP contribution in [0.25, 0.3) is 0 Å². The molecule has 0 bridgehead atoms. The van der Waals surface area contributed by atoms with Crippen LogP contribution in [0, 0.1) is 0 Å². The Hall–Kier alpha value is -3.22. The van der Waals surface area contributed by atoms with Crippen LogP contribution in [0.1, 0.15) is 46.1 Å². The number of sulfonamides is 1. The molecule has 2 atom stereocenters. The molecule has 42 heavy (non-hydrogen) atoms. The van der Waals surface area contributed by atoms with Gasteiger partial charge in [0.2, 0.25) is 0 Å². The van der Waals surface area contributed by atoms with Gasteiger partial charge in [0, 0.05) is 48.6 Å². The minimum atomic E-state index is -4.08. The molecule has 2 unspecified atom stereocenters. The number of piperidine rings is 1. The number of likely N-dealkylation sites (tertiary alicyclic amines) is 1. The highest BCUT2D eigenvalue weighted by Gasteiger charge is 2.33. The van der Waals surface area contributed by atoms with Crippen LogP contribution in [0.2, 0.25) is 5.02 Å². The van der Waals surface area contributed by atoms with Crippen molar-refractivity contribution in [3.05, 3.63) is 58.6 Å². The smallest absolute Gasteiger partial charge is 0.410 e. The summed E-state index contributed by atoms with van der Waals surface area (Å²) in [5.41, 5.74) is 0.0604. The maximum absolute atomic E-state index is 13.9. The van der Waals surface area contributed by atoms with Gasteiger partial charge in [0.25, 0.3) is 10.0 Å². The van der Waals surface area contributed by atoms with E-state index in [9.17, 15) is 13.2 Å². The number of anilines is 1. The SMILES string of the molecule is COc1ccc(CN(c2nccs2)S(=O)(=O)c2ccc(OC3CCN(C(=O)OC(C)(C)C)C(C)C3)c(Cl)c2)c(OC)c1. The fourth-order valence-corrected chi connectivity index (χ4v) is 7.19. The van der Waals surface area contributed by atoms with Crippen molar-refractivity contribution in [2.45, 2.75) is 69.7 Å². The number of aromatic nitrogens is 1.